The third kappa shape index (κ3) is 36.8. The first-order valence-electron chi connectivity index (χ1n) is 15.3. The molecule has 0 heterocycles. The van der Waals surface area contributed by atoms with Gasteiger partial charge in [-0.25, -0.2) is 0 Å². The fraction of sp³-hybridized carbons (Fsp3) is 0.871. The number of hydrogen-bond donors (Lipinski definition) is 3. The van der Waals surface area contributed by atoms with Crippen molar-refractivity contribution in [2.45, 2.75) is 161 Å². The second-order valence-electron chi connectivity index (χ2n) is 10.1. The van der Waals surface area contributed by atoms with Crippen LogP contribution in [0.4, 0.5) is 0 Å². The number of aliphatic hydroxyl groups is 2. The monoisotopic (exact) mass is 528 g/mol. The van der Waals surface area contributed by atoms with Gasteiger partial charge < -0.3 is 20.1 Å². The molecule has 6 heteroatoms. The number of carbonyl (C=O) groups excluding carboxylic acids is 1. The van der Waals surface area contributed by atoms with Crippen LogP contribution in [0.5, 0.6) is 0 Å². The zero-order valence-electron chi connectivity index (χ0n) is 24.3. The van der Waals surface area contributed by atoms with Crippen LogP contribution in [-0.2, 0) is 14.3 Å². The summed E-state index contributed by atoms with van der Waals surface area (Å²) in [6.07, 6.45) is 28.7. The molecule has 0 aromatic carbocycles. The predicted molar refractivity (Wildman–Crippen MR) is 154 cm³/mol. The van der Waals surface area contributed by atoms with Gasteiger partial charge in [0.25, 0.3) is 0 Å². The van der Waals surface area contributed by atoms with E-state index in [4.69, 9.17) is 20.1 Å². The number of esters is 1. The Hall–Kier alpha value is -1.40. The largest absolute Gasteiger partial charge is 0.481 e. The molecule has 0 aliphatic heterocycles. The Morgan fingerprint density at radius 2 is 1.05 bits per heavy atom. The molecule has 0 aliphatic rings. The van der Waals surface area contributed by atoms with Gasteiger partial charge in [-0.2, -0.15) is 0 Å². The summed E-state index contributed by atoms with van der Waals surface area (Å²) >= 11 is 0. The van der Waals surface area contributed by atoms with Gasteiger partial charge in [-0.1, -0.05) is 116 Å². The number of rotatable bonds is 26. The molecule has 6 nitrogen and oxygen atoms in total. The van der Waals surface area contributed by atoms with Gasteiger partial charge in [0.2, 0.25) is 0 Å². The number of aliphatic carboxylic acids is 1. The van der Waals surface area contributed by atoms with Crippen molar-refractivity contribution in [2.75, 3.05) is 13.2 Å². The topological polar surface area (TPSA) is 104 Å². The lowest BCUT2D eigenvalue weighted by molar-refractivity contribution is -0.147. The molecule has 0 bridgehead atoms. The van der Waals surface area contributed by atoms with E-state index in [1.165, 1.54) is 89.9 Å². The van der Waals surface area contributed by atoms with Crippen LogP contribution < -0.4 is 0 Å². The smallest absolute Gasteiger partial charge is 0.305 e. The number of allylic oxidation sites excluding steroid dienone is 2. The molecule has 0 aliphatic carbocycles. The van der Waals surface area contributed by atoms with Crippen molar-refractivity contribution in [2.24, 2.45) is 0 Å². The summed E-state index contributed by atoms with van der Waals surface area (Å²) in [7, 11) is 0. The average Bonchev–Trinajstić information content (AvgIpc) is 2.89. The summed E-state index contributed by atoms with van der Waals surface area (Å²) in [5, 5.41) is 26.1. The molecule has 1 atom stereocenters. The maximum Gasteiger partial charge on any atom is 0.305 e. The first-order valence-corrected chi connectivity index (χ1v) is 15.3. The summed E-state index contributed by atoms with van der Waals surface area (Å²) in [4.78, 5) is 21.5. The fourth-order valence-electron chi connectivity index (χ4n) is 3.89. The number of ether oxygens (including phenoxy) is 1. The molecular weight excluding hydrogens is 468 g/mol. The maximum atomic E-state index is 11.4. The average molecular weight is 529 g/mol. The molecule has 220 valence electrons. The highest BCUT2D eigenvalue weighted by molar-refractivity contribution is 5.69. The number of carbonyl (C=O) groups is 2. The minimum absolute atomic E-state index is 0.111. The normalized spacial score (nSPS) is 11.8. The van der Waals surface area contributed by atoms with Gasteiger partial charge in [-0.3, -0.25) is 9.59 Å². The predicted octanol–water partition coefficient (Wildman–Crippen LogP) is 8.13. The van der Waals surface area contributed by atoms with E-state index < -0.39 is 12.1 Å². The molecule has 0 fully saturated rings. The zero-order chi connectivity index (χ0) is 27.8. The minimum atomic E-state index is -0.960. The minimum Gasteiger partial charge on any atom is -0.481 e. The summed E-state index contributed by atoms with van der Waals surface area (Å²) in [6, 6.07) is 0. The highest BCUT2D eigenvalue weighted by atomic mass is 16.5. The molecule has 0 radical (unpaired) electrons. The number of hydrogen-bond acceptors (Lipinski definition) is 5. The number of unbranched alkanes of at least 4 members (excludes halogenated alkanes) is 17. The highest BCUT2D eigenvalue weighted by Crippen LogP contribution is 2.10. The van der Waals surface area contributed by atoms with E-state index in [1.54, 1.807) is 0 Å². The van der Waals surface area contributed by atoms with Crippen molar-refractivity contribution in [1.82, 2.24) is 0 Å². The Labute approximate surface area is 228 Å². The number of carboxylic acid groups (broad SMARTS) is 1. The van der Waals surface area contributed by atoms with Crippen molar-refractivity contribution in [3.05, 3.63) is 12.2 Å². The van der Waals surface area contributed by atoms with E-state index in [-0.39, 0.29) is 19.2 Å². The molecule has 0 aromatic heterocycles. The molecular formula is C31H60O6. The highest BCUT2D eigenvalue weighted by Gasteiger charge is 2.07. The van der Waals surface area contributed by atoms with Gasteiger partial charge in [-0.05, 0) is 38.5 Å². The molecule has 0 rings (SSSR count). The zero-order valence-corrected chi connectivity index (χ0v) is 24.3. The van der Waals surface area contributed by atoms with Gasteiger partial charge in [0.1, 0.15) is 12.7 Å². The van der Waals surface area contributed by atoms with Crippen LogP contribution in [0.3, 0.4) is 0 Å². The number of aliphatic hydroxyl groups excluding tert-OH is 2. The third-order valence-corrected chi connectivity index (χ3v) is 6.28. The number of carboxylic acids is 1. The van der Waals surface area contributed by atoms with E-state index >= 15 is 0 Å². The lowest BCUT2D eigenvalue weighted by Gasteiger charge is -2.08. The van der Waals surface area contributed by atoms with Gasteiger partial charge in [0, 0.05) is 12.8 Å². The lowest BCUT2D eigenvalue weighted by atomic mass is 10.1. The van der Waals surface area contributed by atoms with Crippen LogP contribution in [0, 0.1) is 0 Å². The molecule has 0 saturated carbocycles. The lowest BCUT2D eigenvalue weighted by Crippen LogP contribution is -2.21. The Morgan fingerprint density at radius 1 is 0.649 bits per heavy atom. The van der Waals surface area contributed by atoms with E-state index in [2.05, 4.69) is 26.0 Å². The first-order chi connectivity index (χ1) is 18.0. The third-order valence-electron chi connectivity index (χ3n) is 6.28. The van der Waals surface area contributed by atoms with Crippen LogP contribution in [-0.4, -0.2) is 46.6 Å². The van der Waals surface area contributed by atoms with Gasteiger partial charge in [-0.15, -0.1) is 0 Å². The van der Waals surface area contributed by atoms with Gasteiger partial charge in [0.05, 0.1) is 6.61 Å². The molecule has 1 unspecified atom stereocenters. The summed E-state index contributed by atoms with van der Waals surface area (Å²) < 4.78 is 4.86. The van der Waals surface area contributed by atoms with Crippen LogP contribution in [0.15, 0.2) is 12.2 Å². The van der Waals surface area contributed by atoms with Crippen LogP contribution in [0.2, 0.25) is 0 Å². The molecule has 0 aromatic rings. The molecule has 37 heavy (non-hydrogen) atoms. The first kappa shape index (κ1) is 37.8. The SMILES string of the molecule is CCCCCCCC/C=C\CCCCCCCC(=O)OCC(O)CO.CCCCCCCCCC(=O)O. The van der Waals surface area contributed by atoms with E-state index in [1.807, 2.05) is 0 Å². The quantitative estimate of drug-likeness (QED) is 0.0594. The molecule has 3 N–H and O–H groups in total. The van der Waals surface area contributed by atoms with Crippen molar-refractivity contribution in [3.63, 3.8) is 0 Å². The summed E-state index contributed by atoms with van der Waals surface area (Å²) in [5.74, 6) is -0.950. The van der Waals surface area contributed by atoms with Crippen LogP contribution in [0.1, 0.15) is 155 Å². The van der Waals surface area contributed by atoms with Crippen LogP contribution in [0.25, 0.3) is 0 Å². The van der Waals surface area contributed by atoms with Crippen LogP contribution >= 0.6 is 0 Å². The summed E-state index contributed by atoms with van der Waals surface area (Å²) in [6.45, 7) is 3.97. The second-order valence-corrected chi connectivity index (χ2v) is 10.1. The van der Waals surface area contributed by atoms with E-state index in [0.29, 0.717) is 12.8 Å². The van der Waals surface area contributed by atoms with Crippen molar-refractivity contribution in [3.8, 4) is 0 Å². The second kappa shape index (κ2) is 32.6. The molecule has 0 saturated heterocycles. The van der Waals surface area contributed by atoms with Gasteiger partial charge >= 0.3 is 11.9 Å². The Morgan fingerprint density at radius 3 is 1.49 bits per heavy atom. The Bertz CT molecular complexity index is 506. The molecule has 0 spiro atoms. The van der Waals surface area contributed by atoms with Crippen molar-refractivity contribution < 1.29 is 29.6 Å². The van der Waals surface area contributed by atoms with E-state index in [9.17, 15) is 9.59 Å². The van der Waals surface area contributed by atoms with Crippen molar-refractivity contribution in [1.29, 1.82) is 0 Å². The summed E-state index contributed by atoms with van der Waals surface area (Å²) in [5.41, 5.74) is 0. The Kier molecular flexibility index (Phi) is 33.3. The van der Waals surface area contributed by atoms with Crippen molar-refractivity contribution >= 4 is 11.9 Å². The van der Waals surface area contributed by atoms with Gasteiger partial charge in [0.15, 0.2) is 0 Å². The standard InChI is InChI=1S/C21H40O4.C10H20O2/c1-2-3-4-5-6-7-8-9-10-11-12-13-14-15-16-17-21(24)25-19-20(23)18-22;1-2-3-4-5-6-7-8-9-10(11)12/h9-10,20,22-23H,2-8,11-19H2,1H3;2-9H2,1H3,(H,11,12)/b10-9-;. The van der Waals surface area contributed by atoms with E-state index in [0.717, 1.165) is 38.5 Å². The maximum absolute atomic E-state index is 11.4. The fourth-order valence-corrected chi connectivity index (χ4v) is 3.89. The molecule has 0 amide bonds. The Balaban J connectivity index is 0.